The summed E-state index contributed by atoms with van der Waals surface area (Å²) in [6, 6.07) is 7.27. The maximum absolute atomic E-state index is 12.1. The number of rotatable bonds is 6. The van der Waals surface area contributed by atoms with Gasteiger partial charge in [0.1, 0.15) is 5.54 Å². The van der Waals surface area contributed by atoms with Crippen molar-refractivity contribution < 1.29 is 19.2 Å². The summed E-state index contributed by atoms with van der Waals surface area (Å²) in [4.78, 5) is 49.7. The van der Waals surface area contributed by atoms with E-state index in [-0.39, 0.29) is 24.8 Å². The van der Waals surface area contributed by atoms with Gasteiger partial charge in [0.15, 0.2) is 0 Å². The van der Waals surface area contributed by atoms with Gasteiger partial charge in [-0.05, 0) is 39.8 Å². The molecule has 0 bridgehead atoms. The third kappa shape index (κ3) is 5.46. The number of hydrazine groups is 1. The molecule has 0 aliphatic carbocycles. The maximum atomic E-state index is 12.1. The van der Waals surface area contributed by atoms with Gasteiger partial charge in [-0.25, -0.2) is 4.79 Å². The van der Waals surface area contributed by atoms with Gasteiger partial charge in [-0.15, -0.1) is 11.8 Å². The molecule has 0 aromatic heterocycles. The smallest absolute Gasteiger partial charge is 0.324 e. The molecule has 5 amide bonds. The van der Waals surface area contributed by atoms with Gasteiger partial charge in [0.2, 0.25) is 5.91 Å². The number of hydrogen-bond donors (Lipinski definition) is 3. The van der Waals surface area contributed by atoms with Crippen LogP contribution in [0.25, 0.3) is 0 Å². The van der Waals surface area contributed by atoms with Gasteiger partial charge in [-0.1, -0.05) is 17.7 Å². The number of benzene rings is 1. The van der Waals surface area contributed by atoms with Crippen LogP contribution in [0.1, 0.15) is 32.8 Å². The normalized spacial score (nSPS) is 16.7. The largest absolute Gasteiger partial charge is 0.325 e. The van der Waals surface area contributed by atoms with E-state index in [4.69, 9.17) is 0 Å². The Morgan fingerprint density at radius 3 is 2.37 bits per heavy atom. The summed E-state index contributed by atoms with van der Waals surface area (Å²) in [5.41, 5.74) is 4.84. The standard InChI is InChI=1S/C18H24N4O4S/c1-11-5-7-13(8-6-11)27-12(2)15(24)21-20-14(23)9-10-22-16(25)18(3,4)19-17(22)26/h5-8,12H,9-10H2,1-4H3,(H,19,26)(H,20,23)(H,21,24)/t12-/m1/s1. The number of imide groups is 1. The van der Waals surface area contributed by atoms with Crippen LogP contribution in [-0.2, 0) is 14.4 Å². The van der Waals surface area contributed by atoms with Crippen LogP contribution in [-0.4, -0.2) is 46.0 Å². The topological polar surface area (TPSA) is 108 Å². The maximum Gasteiger partial charge on any atom is 0.325 e. The highest BCUT2D eigenvalue weighted by Gasteiger charge is 2.43. The molecule has 1 atom stereocenters. The van der Waals surface area contributed by atoms with E-state index in [1.807, 2.05) is 31.2 Å². The number of amides is 5. The number of urea groups is 1. The van der Waals surface area contributed by atoms with Gasteiger partial charge < -0.3 is 5.32 Å². The van der Waals surface area contributed by atoms with E-state index in [1.54, 1.807) is 20.8 Å². The quantitative estimate of drug-likeness (QED) is 0.385. The van der Waals surface area contributed by atoms with Gasteiger partial charge in [0.25, 0.3) is 11.8 Å². The summed E-state index contributed by atoms with van der Waals surface area (Å²) < 4.78 is 0. The van der Waals surface area contributed by atoms with Crippen LogP contribution in [0.15, 0.2) is 29.2 Å². The third-order valence-electron chi connectivity index (χ3n) is 4.04. The zero-order valence-electron chi connectivity index (χ0n) is 15.8. The van der Waals surface area contributed by atoms with E-state index in [1.165, 1.54) is 11.8 Å². The van der Waals surface area contributed by atoms with Crippen LogP contribution < -0.4 is 16.2 Å². The number of nitrogens with zero attached hydrogens (tertiary/aromatic N) is 1. The van der Waals surface area contributed by atoms with Crippen LogP contribution in [0.5, 0.6) is 0 Å². The van der Waals surface area contributed by atoms with Crippen molar-refractivity contribution in [2.24, 2.45) is 0 Å². The van der Waals surface area contributed by atoms with Crippen LogP contribution in [0.2, 0.25) is 0 Å². The summed E-state index contributed by atoms with van der Waals surface area (Å²) >= 11 is 1.38. The molecule has 1 fully saturated rings. The molecule has 1 aromatic carbocycles. The zero-order chi connectivity index (χ0) is 20.2. The lowest BCUT2D eigenvalue weighted by Crippen LogP contribution is -2.46. The highest BCUT2D eigenvalue weighted by atomic mass is 32.2. The fourth-order valence-corrected chi connectivity index (χ4v) is 3.27. The van der Waals surface area contributed by atoms with E-state index in [9.17, 15) is 19.2 Å². The summed E-state index contributed by atoms with van der Waals surface area (Å²) in [7, 11) is 0. The lowest BCUT2D eigenvalue weighted by Gasteiger charge is -2.16. The fourth-order valence-electron chi connectivity index (χ4n) is 2.40. The van der Waals surface area contributed by atoms with Crippen molar-refractivity contribution in [1.29, 1.82) is 0 Å². The Balaban J connectivity index is 1.74. The first-order valence-corrected chi connectivity index (χ1v) is 9.44. The third-order valence-corrected chi connectivity index (χ3v) is 5.15. The molecule has 9 heteroatoms. The molecular formula is C18H24N4O4S. The minimum Gasteiger partial charge on any atom is -0.324 e. The molecule has 1 saturated heterocycles. The Bertz CT molecular complexity index is 748. The fraction of sp³-hybridized carbons (Fsp3) is 0.444. The molecule has 3 N–H and O–H groups in total. The predicted molar refractivity (Wildman–Crippen MR) is 102 cm³/mol. The van der Waals surface area contributed by atoms with Gasteiger partial charge in [-0.3, -0.25) is 30.1 Å². The Morgan fingerprint density at radius 1 is 1.19 bits per heavy atom. The van der Waals surface area contributed by atoms with E-state index < -0.39 is 22.7 Å². The Labute approximate surface area is 162 Å². The van der Waals surface area contributed by atoms with Gasteiger partial charge in [0.05, 0.1) is 5.25 Å². The summed E-state index contributed by atoms with van der Waals surface area (Å²) in [6.07, 6.45) is -0.102. The van der Waals surface area contributed by atoms with E-state index in [0.29, 0.717) is 0 Å². The SMILES string of the molecule is Cc1ccc(S[C@H](C)C(=O)NNC(=O)CCN2C(=O)NC(C)(C)C2=O)cc1. The van der Waals surface area contributed by atoms with Crippen LogP contribution >= 0.6 is 11.8 Å². The molecule has 0 unspecified atom stereocenters. The van der Waals surface area contributed by atoms with Crippen molar-refractivity contribution in [3.63, 3.8) is 0 Å². The van der Waals surface area contributed by atoms with E-state index in [0.717, 1.165) is 15.4 Å². The van der Waals surface area contributed by atoms with Gasteiger partial charge in [0, 0.05) is 17.9 Å². The molecule has 2 rings (SSSR count). The minimum absolute atomic E-state index is 0.0521. The average Bonchev–Trinajstić information content (AvgIpc) is 2.80. The lowest BCUT2D eigenvalue weighted by molar-refractivity contribution is -0.131. The second kappa shape index (κ2) is 8.43. The number of carbonyl (C=O) groups excluding carboxylic acids is 4. The summed E-state index contributed by atoms with van der Waals surface area (Å²) in [5.74, 6) is -1.21. The first-order valence-electron chi connectivity index (χ1n) is 8.56. The van der Waals surface area contributed by atoms with E-state index in [2.05, 4.69) is 16.2 Å². The zero-order valence-corrected chi connectivity index (χ0v) is 16.6. The molecule has 1 aliphatic heterocycles. The number of hydrogen-bond acceptors (Lipinski definition) is 5. The Kier molecular flexibility index (Phi) is 6.48. The molecule has 1 aliphatic rings. The van der Waals surface area contributed by atoms with Gasteiger partial charge in [-0.2, -0.15) is 0 Å². The molecule has 0 saturated carbocycles. The van der Waals surface area contributed by atoms with Crippen LogP contribution in [0.4, 0.5) is 4.79 Å². The average molecular weight is 392 g/mol. The highest BCUT2D eigenvalue weighted by molar-refractivity contribution is 8.00. The number of thioether (sulfide) groups is 1. The number of carbonyl (C=O) groups is 4. The molecule has 146 valence electrons. The van der Waals surface area contributed by atoms with Crippen molar-refractivity contribution in [1.82, 2.24) is 21.1 Å². The van der Waals surface area contributed by atoms with Crippen molar-refractivity contribution in [2.45, 2.75) is 49.8 Å². The van der Waals surface area contributed by atoms with Crippen molar-refractivity contribution in [3.8, 4) is 0 Å². The van der Waals surface area contributed by atoms with Crippen molar-refractivity contribution in [2.75, 3.05) is 6.54 Å². The molecule has 0 radical (unpaired) electrons. The minimum atomic E-state index is -0.968. The molecule has 0 spiro atoms. The summed E-state index contributed by atoms with van der Waals surface area (Å²) in [5, 5.41) is 2.14. The second-order valence-corrected chi connectivity index (χ2v) is 8.29. The second-order valence-electron chi connectivity index (χ2n) is 6.87. The van der Waals surface area contributed by atoms with Crippen LogP contribution in [0, 0.1) is 6.92 Å². The number of aryl methyl sites for hydroxylation is 1. The number of nitrogens with one attached hydrogen (secondary N) is 3. The predicted octanol–water partition coefficient (Wildman–Crippen LogP) is 1.34. The molecule has 1 heterocycles. The first kappa shape index (κ1) is 20.8. The van der Waals surface area contributed by atoms with Crippen LogP contribution in [0.3, 0.4) is 0 Å². The highest BCUT2D eigenvalue weighted by Crippen LogP contribution is 2.23. The summed E-state index contributed by atoms with van der Waals surface area (Å²) in [6.45, 7) is 6.87. The van der Waals surface area contributed by atoms with Crippen molar-refractivity contribution >= 4 is 35.5 Å². The molecular weight excluding hydrogens is 368 g/mol. The molecule has 8 nitrogen and oxygen atoms in total. The monoisotopic (exact) mass is 392 g/mol. The molecule has 27 heavy (non-hydrogen) atoms. The van der Waals surface area contributed by atoms with E-state index >= 15 is 0 Å². The Hall–Kier alpha value is -2.55. The van der Waals surface area contributed by atoms with Crippen molar-refractivity contribution in [3.05, 3.63) is 29.8 Å². The lowest BCUT2D eigenvalue weighted by atomic mass is 10.1. The molecule has 1 aromatic rings. The van der Waals surface area contributed by atoms with Gasteiger partial charge >= 0.3 is 6.03 Å². The Morgan fingerprint density at radius 2 is 1.81 bits per heavy atom. The first-order chi connectivity index (χ1) is 12.6.